The number of amides is 3. The van der Waals surface area contributed by atoms with Crippen LogP contribution in [-0.2, 0) is 0 Å². The first kappa shape index (κ1) is 17.9. The Morgan fingerprint density at radius 1 is 1.12 bits per heavy atom. The van der Waals surface area contributed by atoms with Gasteiger partial charge >= 0.3 is 6.03 Å². The van der Waals surface area contributed by atoms with Crippen LogP contribution in [-0.4, -0.2) is 61.1 Å². The number of hydrogen-bond acceptors (Lipinski definition) is 3. The summed E-state index contributed by atoms with van der Waals surface area (Å²) in [7, 11) is 1.54. The van der Waals surface area contributed by atoms with Crippen molar-refractivity contribution in [3.8, 4) is 5.75 Å². The maximum absolute atomic E-state index is 12.6. The van der Waals surface area contributed by atoms with Crippen LogP contribution >= 0.6 is 11.6 Å². The summed E-state index contributed by atoms with van der Waals surface area (Å²) in [6, 6.07) is 5.34. The molecule has 0 aromatic heterocycles. The zero-order chi connectivity index (χ0) is 17.8. The van der Waals surface area contributed by atoms with E-state index in [1.807, 2.05) is 0 Å². The minimum atomic E-state index is -0.0691. The summed E-state index contributed by atoms with van der Waals surface area (Å²) in [5.74, 6) is 0.479. The molecule has 3 rings (SSSR count). The lowest BCUT2D eigenvalue weighted by molar-refractivity contribution is 0.0663. The molecule has 6 nitrogen and oxygen atoms in total. The fourth-order valence-corrected chi connectivity index (χ4v) is 3.69. The van der Waals surface area contributed by atoms with E-state index in [-0.39, 0.29) is 11.9 Å². The number of carbonyl (C=O) groups excluding carboxylic acids is 2. The number of hydrogen-bond donors (Lipinski definition) is 1. The molecular weight excluding hydrogens is 342 g/mol. The zero-order valence-corrected chi connectivity index (χ0v) is 15.2. The Kier molecular flexibility index (Phi) is 5.68. The average Bonchev–Trinajstić information content (AvgIpc) is 3.14. The topological polar surface area (TPSA) is 61.9 Å². The number of carbonyl (C=O) groups is 2. The molecule has 0 atom stereocenters. The summed E-state index contributed by atoms with van der Waals surface area (Å²) in [5.41, 5.74) is 0.537. The summed E-state index contributed by atoms with van der Waals surface area (Å²) in [4.78, 5) is 28.5. The van der Waals surface area contributed by atoms with Crippen molar-refractivity contribution < 1.29 is 14.3 Å². The van der Waals surface area contributed by atoms with E-state index in [9.17, 15) is 9.59 Å². The molecule has 25 heavy (non-hydrogen) atoms. The highest BCUT2D eigenvalue weighted by molar-refractivity contribution is 6.32. The lowest BCUT2D eigenvalue weighted by Crippen LogP contribution is -2.54. The first-order valence-electron chi connectivity index (χ1n) is 8.76. The van der Waals surface area contributed by atoms with Crippen molar-refractivity contribution in [2.45, 2.75) is 31.7 Å². The third kappa shape index (κ3) is 4.18. The molecule has 1 N–H and O–H groups in total. The maximum atomic E-state index is 12.6. The number of ether oxygens (including phenoxy) is 1. The molecule has 0 bridgehead atoms. The first-order chi connectivity index (χ1) is 12.1. The molecule has 1 aliphatic heterocycles. The summed E-state index contributed by atoms with van der Waals surface area (Å²) < 4.78 is 5.11. The number of benzene rings is 1. The van der Waals surface area contributed by atoms with Crippen LogP contribution in [0.4, 0.5) is 4.79 Å². The molecule has 136 valence electrons. The maximum Gasteiger partial charge on any atom is 0.317 e. The van der Waals surface area contributed by atoms with Crippen LogP contribution in [0.25, 0.3) is 0 Å². The van der Waals surface area contributed by atoms with Crippen LogP contribution in [0.1, 0.15) is 36.0 Å². The largest absolute Gasteiger partial charge is 0.495 e. The number of nitrogens with one attached hydrogen (secondary N) is 1. The molecule has 3 amide bonds. The summed E-state index contributed by atoms with van der Waals surface area (Å²) in [6.07, 6.45) is 4.53. The molecule has 1 aromatic carbocycles. The zero-order valence-electron chi connectivity index (χ0n) is 14.5. The van der Waals surface area contributed by atoms with Crippen molar-refractivity contribution in [3.05, 3.63) is 28.8 Å². The number of piperazine rings is 1. The number of nitrogens with zero attached hydrogens (tertiary/aromatic N) is 2. The van der Waals surface area contributed by atoms with Gasteiger partial charge < -0.3 is 19.9 Å². The van der Waals surface area contributed by atoms with Gasteiger partial charge in [0, 0.05) is 37.8 Å². The van der Waals surface area contributed by atoms with E-state index in [1.165, 1.54) is 12.8 Å². The highest BCUT2D eigenvalue weighted by atomic mass is 35.5. The SMILES string of the molecule is COc1ccc(C(=O)N2CCN(C(=O)NC3CCCC3)CC2)cc1Cl. The van der Waals surface area contributed by atoms with Crippen LogP contribution < -0.4 is 10.1 Å². The summed E-state index contributed by atoms with van der Waals surface area (Å²) in [6.45, 7) is 2.16. The van der Waals surface area contributed by atoms with E-state index >= 15 is 0 Å². The number of urea groups is 1. The minimum absolute atomic E-state index is 0.00788. The molecule has 1 saturated carbocycles. The van der Waals surface area contributed by atoms with Gasteiger partial charge in [-0.3, -0.25) is 4.79 Å². The van der Waals surface area contributed by atoms with Gasteiger partial charge in [0.25, 0.3) is 5.91 Å². The molecule has 2 fully saturated rings. The standard InChI is InChI=1S/C18H24ClN3O3/c1-25-16-7-6-13(12-15(16)19)17(23)21-8-10-22(11-9-21)18(24)20-14-4-2-3-5-14/h6-7,12,14H,2-5,8-11H2,1H3,(H,20,24). The molecule has 2 aliphatic rings. The van der Waals surface area contributed by atoms with E-state index in [0.29, 0.717) is 48.6 Å². The van der Waals surface area contributed by atoms with E-state index in [1.54, 1.807) is 35.1 Å². The molecular formula is C18H24ClN3O3. The van der Waals surface area contributed by atoms with Crippen LogP contribution in [0.15, 0.2) is 18.2 Å². The van der Waals surface area contributed by atoms with Gasteiger partial charge in [-0.15, -0.1) is 0 Å². The van der Waals surface area contributed by atoms with Gasteiger partial charge in [-0.25, -0.2) is 4.79 Å². The third-order valence-electron chi connectivity index (χ3n) is 4.94. The van der Waals surface area contributed by atoms with Crippen molar-refractivity contribution in [2.75, 3.05) is 33.3 Å². The van der Waals surface area contributed by atoms with Crippen molar-refractivity contribution in [3.63, 3.8) is 0 Å². The summed E-state index contributed by atoms with van der Waals surface area (Å²) >= 11 is 6.10. The van der Waals surface area contributed by atoms with Gasteiger partial charge in [-0.1, -0.05) is 24.4 Å². The van der Waals surface area contributed by atoms with E-state index < -0.39 is 0 Å². The lowest BCUT2D eigenvalue weighted by atomic mass is 10.1. The molecule has 1 aliphatic carbocycles. The third-order valence-corrected chi connectivity index (χ3v) is 5.23. The van der Waals surface area contributed by atoms with Gasteiger partial charge in [0.2, 0.25) is 0 Å². The van der Waals surface area contributed by atoms with E-state index in [4.69, 9.17) is 16.3 Å². The average molecular weight is 366 g/mol. The van der Waals surface area contributed by atoms with Gasteiger partial charge in [-0.05, 0) is 31.0 Å². The fourth-order valence-electron chi connectivity index (χ4n) is 3.43. The van der Waals surface area contributed by atoms with Gasteiger partial charge in [0.15, 0.2) is 0 Å². The Morgan fingerprint density at radius 2 is 1.76 bits per heavy atom. The van der Waals surface area contributed by atoms with Crippen molar-refractivity contribution in [1.82, 2.24) is 15.1 Å². The Morgan fingerprint density at radius 3 is 2.36 bits per heavy atom. The predicted octanol–water partition coefficient (Wildman–Crippen LogP) is 2.76. The van der Waals surface area contributed by atoms with Crippen molar-refractivity contribution >= 4 is 23.5 Å². The summed E-state index contributed by atoms with van der Waals surface area (Å²) in [5, 5.41) is 3.52. The quantitative estimate of drug-likeness (QED) is 0.895. The minimum Gasteiger partial charge on any atom is -0.495 e. The van der Waals surface area contributed by atoms with E-state index in [0.717, 1.165) is 12.8 Å². The Bertz CT molecular complexity index is 638. The lowest BCUT2D eigenvalue weighted by Gasteiger charge is -2.35. The Hall–Kier alpha value is -1.95. The first-order valence-corrected chi connectivity index (χ1v) is 9.14. The molecule has 1 heterocycles. The Labute approximate surface area is 153 Å². The fraction of sp³-hybridized carbons (Fsp3) is 0.556. The monoisotopic (exact) mass is 365 g/mol. The van der Waals surface area contributed by atoms with Crippen LogP contribution in [0.3, 0.4) is 0 Å². The van der Waals surface area contributed by atoms with Gasteiger partial charge in [0.1, 0.15) is 5.75 Å². The van der Waals surface area contributed by atoms with Gasteiger partial charge in [0.05, 0.1) is 12.1 Å². The highest BCUT2D eigenvalue weighted by Crippen LogP contribution is 2.25. The number of rotatable bonds is 3. The number of methoxy groups -OCH3 is 1. The Balaban J connectivity index is 1.53. The van der Waals surface area contributed by atoms with Gasteiger partial charge in [-0.2, -0.15) is 0 Å². The predicted molar refractivity (Wildman–Crippen MR) is 96.3 cm³/mol. The molecule has 0 unspecified atom stereocenters. The van der Waals surface area contributed by atoms with E-state index in [2.05, 4.69) is 5.32 Å². The second-order valence-corrected chi connectivity index (χ2v) is 6.97. The van der Waals surface area contributed by atoms with Crippen LogP contribution in [0.5, 0.6) is 5.75 Å². The van der Waals surface area contributed by atoms with Crippen molar-refractivity contribution in [2.24, 2.45) is 0 Å². The van der Waals surface area contributed by atoms with Crippen molar-refractivity contribution in [1.29, 1.82) is 0 Å². The normalized spacial score (nSPS) is 18.3. The molecule has 7 heteroatoms. The molecule has 0 radical (unpaired) electrons. The molecule has 1 saturated heterocycles. The second-order valence-electron chi connectivity index (χ2n) is 6.56. The van der Waals surface area contributed by atoms with Crippen LogP contribution in [0, 0.1) is 0 Å². The second kappa shape index (κ2) is 7.95. The molecule has 1 aromatic rings. The highest BCUT2D eigenvalue weighted by Gasteiger charge is 2.27. The smallest absolute Gasteiger partial charge is 0.317 e. The van der Waals surface area contributed by atoms with Crippen LogP contribution in [0.2, 0.25) is 5.02 Å². The molecule has 0 spiro atoms. The number of halogens is 1.